The van der Waals surface area contributed by atoms with Crippen LogP contribution < -0.4 is 10.1 Å². The number of benzene rings is 2. The fraction of sp³-hybridized carbons (Fsp3) is 0.294. The van der Waals surface area contributed by atoms with Crippen molar-refractivity contribution in [2.45, 2.75) is 19.4 Å². The summed E-state index contributed by atoms with van der Waals surface area (Å²) in [6.07, 6.45) is 0.864. The number of rotatable bonds is 6. The van der Waals surface area contributed by atoms with E-state index in [2.05, 4.69) is 24.4 Å². The van der Waals surface area contributed by atoms with E-state index in [4.69, 9.17) is 27.9 Å². The van der Waals surface area contributed by atoms with E-state index in [1.165, 1.54) is 5.56 Å². The molecule has 0 amide bonds. The Morgan fingerprint density at radius 1 is 1.05 bits per heavy atom. The minimum Gasteiger partial charge on any atom is -0.496 e. The second-order valence-electron chi connectivity index (χ2n) is 4.83. The van der Waals surface area contributed by atoms with E-state index >= 15 is 0 Å². The SMILES string of the molecule is CCNC(Cc1ccc(Cl)cc1)c1ccc(Cl)cc1OC. The molecule has 2 nitrogen and oxygen atoms in total. The lowest BCUT2D eigenvalue weighted by Gasteiger charge is -2.21. The van der Waals surface area contributed by atoms with Crippen molar-refractivity contribution in [2.75, 3.05) is 13.7 Å². The van der Waals surface area contributed by atoms with Crippen LogP contribution in [0.5, 0.6) is 5.75 Å². The molecule has 2 aromatic rings. The molecule has 112 valence electrons. The Bertz CT molecular complexity index is 584. The van der Waals surface area contributed by atoms with Gasteiger partial charge >= 0.3 is 0 Å². The van der Waals surface area contributed by atoms with Crippen molar-refractivity contribution < 1.29 is 4.74 Å². The van der Waals surface area contributed by atoms with E-state index in [9.17, 15) is 0 Å². The molecule has 0 heterocycles. The van der Waals surface area contributed by atoms with Gasteiger partial charge in [-0.25, -0.2) is 0 Å². The first kappa shape index (κ1) is 16.2. The topological polar surface area (TPSA) is 21.3 Å². The molecule has 0 aliphatic heterocycles. The number of methoxy groups -OCH3 is 1. The molecule has 1 unspecified atom stereocenters. The molecule has 2 rings (SSSR count). The van der Waals surface area contributed by atoms with Crippen LogP contribution in [0.25, 0.3) is 0 Å². The molecular weight excluding hydrogens is 305 g/mol. The molecule has 0 aromatic heterocycles. The van der Waals surface area contributed by atoms with Crippen LogP contribution in [-0.4, -0.2) is 13.7 Å². The van der Waals surface area contributed by atoms with Crippen LogP contribution >= 0.6 is 23.2 Å². The molecular formula is C17H19Cl2NO. The van der Waals surface area contributed by atoms with Gasteiger partial charge in [-0.3, -0.25) is 0 Å². The Balaban J connectivity index is 2.28. The molecule has 0 fully saturated rings. The van der Waals surface area contributed by atoms with Crippen LogP contribution in [0.3, 0.4) is 0 Å². The fourth-order valence-corrected chi connectivity index (χ4v) is 2.66. The highest BCUT2D eigenvalue weighted by atomic mass is 35.5. The Labute approximate surface area is 136 Å². The maximum atomic E-state index is 6.04. The molecule has 0 bridgehead atoms. The standard InChI is InChI=1S/C17H19Cl2NO/c1-3-20-16(10-12-4-6-13(18)7-5-12)15-9-8-14(19)11-17(15)21-2/h4-9,11,16,20H,3,10H2,1-2H3. The predicted molar refractivity (Wildman–Crippen MR) is 89.6 cm³/mol. The second-order valence-corrected chi connectivity index (χ2v) is 5.70. The van der Waals surface area contributed by atoms with Gasteiger partial charge in [0, 0.05) is 21.7 Å². The summed E-state index contributed by atoms with van der Waals surface area (Å²) in [5, 5.41) is 4.93. The molecule has 0 spiro atoms. The monoisotopic (exact) mass is 323 g/mol. The van der Waals surface area contributed by atoms with Crippen LogP contribution in [0.2, 0.25) is 10.0 Å². The van der Waals surface area contributed by atoms with E-state index in [-0.39, 0.29) is 6.04 Å². The summed E-state index contributed by atoms with van der Waals surface area (Å²) in [5.41, 5.74) is 2.33. The van der Waals surface area contributed by atoms with Crippen molar-refractivity contribution in [1.82, 2.24) is 5.32 Å². The highest BCUT2D eigenvalue weighted by Crippen LogP contribution is 2.30. The minimum absolute atomic E-state index is 0.170. The van der Waals surface area contributed by atoms with Gasteiger partial charge in [0.25, 0.3) is 0 Å². The zero-order valence-corrected chi connectivity index (χ0v) is 13.7. The van der Waals surface area contributed by atoms with E-state index < -0.39 is 0 Å². The van der Waals surface area contributed by atoms with Crippen molar-refractivity contribution in [2.24, 2.45) is 0 Å². The van der Waals surface area contributed by atoms with Crippen LogP contribution in [-0.2, 0) is 6.42 Å². The van der Waals surface area contributed by atoms with E-state index in [1.807, 2.05) is 30.3 Å². The molecule has 2 aromatic carbocycles. The number of hydrogen-bond donors (Lipinski definition) is 1. The molecule has 1 N–H and O–H groups in total. The summed E-state index contributed by atoms with van der Waals surface area (Å²) < 4.78 is 5.46. The van der Waals surface area contributed by atoms with Crippen molar-refractivity contribution in [3.05, 3.63) is 63.6 Å². The number of likely N-dealkylation sites (N-methyl/N-ethyl adjacent to an activating group) is 1. The molecule has 0 saturated heterocycles. The van der Waals surface area contributed by atoms with E-state index in [1.54, 1.807) is 7.11 Å². The summed E-state index contributed by atoms with van der Waals surface area (Å²) in [5.74, 6) is 0.808. The Kier molecular flexibility index (Phi) is 5.92. The fourth-order valence-electron chi connectivity index (χ4n) is 2.37. The third-order valence-electron chi connectivity index (χ3n) is 3.37. The van der Waals surface area contributed by atoms with E-state index in [0.29, 0.717) is 5.02 Å². The van der Waals surface area contributed by atoms with Gasteiger partial charge in [-0.15, -0.1) is 0 Å². The van der Waals surface area contributed by atoms with Crippen LogP contribution in [0.1, 0.15) is 24.1 Å². The summed E-state index contributed by atoms with van der Waals surface area (Å²) in [7, 11) is 1.67. The third kappa shape index (κ3) is 4.37. The van der Waals surface area contributed by atoms with Crippen molar-refractivity contribution in [3.63, 3.8) is 0 Å². The first-order chi connectivity index (χ1) is 10.1. The lowest BCUT2D eigenvalue weighted by Crippen LogP contribution is -2.23. The first-order valence-electron chi connectivity index (χ1n) is 6.95. The highest BCUT2D eigenvalue weighted by molar-refractivity contribution is 6.30. The van der Waals surface area contributed by atoms with Crippen molar-refractivity contribution in [1.29, 1.82) is 0 Å². The van der Waals surface area contributed by atoms with Gasteiger partial charge in [0.05, 0.1) is 7.11 Å². The molecule has 0 saturated carbocycles. The Morgan fingerprint density at radius 2 is 1.71 bits per heavy atom. The molecule has 21 heavy (non-hydrogen) atoms. The van der Waals surface area contributed by atoms with Crippen LogP contribution in [0.15, 0.2) is 42.5 Å². The zero-order chi connectivity index (χ0) is 15.2. The van der Waals surface area contributed by atoms with Gasteiger partial charge in [-0.1, -0.05) is 48.3 Å². The maximum Gasteiger partial charge on any atom is 0.125 e. The lowest BCUT2D eigenvalue weighted by molar-refractivity contribution is 0.399. The highest BCUT2D eigenvalue weighted by Gasteiger charge is 2.16. The minimum atomic E-state index is 0.170. The summed E-state index contributed by atoms with van der Waals surface area (Å²) in [6.45, 7) is 2.97. The number of hydrogen-bond acceptors (Lipinski definition) is 2. The first-order valence-corrected chi connectivity index (χ1v) is 7.71. The lowest BCUT2D eigenvalue weighted by atomic mass is 9.98. The molecule has 0 radical (unpaired) electrons. The Morgan fingerprint density at radius 3 is 2.33 bits per heavy atom. The van der Waals surface area contributed by atoms with Crippen molar-refractivity contribution in [3.8, 4) is 5.75 Å². The third-order valence-corrected chi connectivity index (χ3v) is 3.86. The predicted octanol–water partition coefficient (Wildman–Crippen LogP) is 4.90. The van der Waals surface area contributed by atoms with Crippen LogP contribution in [0.4, 0.5) is 0 Å². The maximum absolute atomic E-state index is 6.04. The number of halogens is 2. The summed E-state index contributed by atoms with van der Waals surface area (Å²) in [4.78, 5) is 0. The molecule has 4 heteroatoms. The smallest absolute Gasteiger partial charge is 0.125 e. The van der Waals surface area contributed by atoms with Gasteiger partial charge in [0.2, 0.25) is 0 Å². The number of ether oxygens (including phenoxy) is 1. The van der Waals surface area contributed by atoms with Crippen molar-refractivity contribution >= 4 is 23.2 Å². The average Bonchev–Trinajstić information content (AvgIpc) is 2.49. The molecule has 0 aliphatic rings. The second kappa shape index (κ2) is 7.69. The van der Waals surface area contributed by atoms with Gasteiger partial charge in [0.1, 0.15) is 5.75 Å². The van der Waals surface area contributed by atoms with Gasteiger partial charge in [-0.2, -0.15) is 0 Å². The largest absolute Gasteiger partial charge is 0.496 e. The zero-order valence-electron chi connectivity index (χ0n) is 12.2. The van der Waals surface area contributed by atoms with Gasteiger partial charge in [0.15, 0.2) is 0 Å². The normalized spacial score (nSPS) is 12.2. The van der Waals surface area contributed by atoms with E-state index in [0.717, 1.165) is 29.3 Å². The summed E-state index contributed by atoms with van der Waals surface area (Å²) in [6, 6.07) is 13.9. The van der Waals surface area contributed by atoms with Crippen LogP contribution in [0, 0.1) is 0 Å². The van der Waals surface area contributed by atoms with Gasteiger partial charge < -0.3 is 10.1 Å². The Hall–Kier alpha value is -1.22. The molecule has 0 aliphatic carbocycles. The quantitative estimate of drug-likeness (QED) is 0.816. The number of nitrogens with one attached hydrogen (secondary N) is 1. The average molecular weight is 324 g/mol. The summed E-state index contributed by atoms with van der Waals surface area (Å²) >= 11 is 12.0. The molecule has 1 atom stereocenters. The van der Waals surface area contributed by atoms with Gasteiger partial charge in [-0.05, 0) is 42.8 Å².